The van der Waals surface area contributed by atoms with E-state index < -0.39 is 0 Å². The molecule has 1 aromatic carbocycles. The van der Waals surface area contributed by atoms with E-state index in [9.17, 15) is 9.59 Å². The Labute approximate surface area is 156 Å². The molecule has 0 aliphatic rings. The van der Waals surface area contributed by atoms with Crippen LogP contribution in [0.3, 0.4) is 0 Å². The smallest absolute Gasteiger partial charge is 0.310 e. The molecule has 0 bridgehead atoms. The molecule has 0 saturated carbocycles. The van der Waals surface area contributed by atoms with Crippen LogP contribution in [0.25, 0.3) is 28.2 Å². The van der Waals surface area contributed by atoms with E-state index in [0.29, 0.717) is 16.9 Å². The van der Waals surface area contributed by atoms with Crippen LogP contribution in [0.15, 0.2) is 40.1 Å². The molecule has 7 nitrogen and oxygen atoms in total. The van der Waals surface area contributed by atoms with Crippen molar-refractivity contribution in [2.45, 2.75) is 33.2 Å². The van der Waals surface area contributed by atoms with Crippen molar-refractivity contribution in [1.29, 1.82) is 0 Å². The zero-order chi connectivity index (χ0) is 19.3. The van der Waals surface area contributed by atoms with Crippen LogP contribution in [-0.2, 0) is 20.6 Å². The number of rotatable bonds is 4. The second-order valence-corrected chi connectivity index (χ2v) is 7.05. The molecule has 0 N–H and O–H groups in total. The highest BCUT2D eigenvalue weighted by molar-refractivity contribution is 5.78. The molecule has 3 aromatic heterocycles. The van der Waals surface area contributed by atoms with Crippen LogP contribution in [0.5, 0.6) is 0 Å². The monoisotopic (exact) mass is 365 g/mol. The fourth-order valence-electron chi connectivity index (χ4n) is 3.51. The number of fused-ring (bicyclic) bond motifs is 3. The minimum Gasteiger partial charge on any atom is -0.310 e. The maximum absolute atomic E-state index is 12.8. The Morgan fingerprint density at radius 1 is 1.04 bits per heavy atom. The molecule has 0 atom stereocenters. The Morgan fingerprint density at radius 2 is 1.74 bits per heavy atom. The van der Waals surface area contributed by atoms with Crippen LogP contribution < -0.4 is 11.2 Å². The SMILES string of the molecule is CCCCn1c(-c2ccc(C)cc2)cn2c3c(=O)n(C)c(=O)n(C)c3nc12. The van der Waals surface area contributed by atoms with Crippen molar-refractivity contribution in [1.82, 2.24) is 23.1 Å². The quantitative estimate of drug-likeness (QED) is 0.558. The summed E-state index contributed by atoms with van der Waals surface area (Å²) in [5.41, 5.74) is 3.44. The first-order chi connectivity index (χ1) is 12.9. The lowest BCUT2D eigenvalue weighted by Crippen LogP contribution is -2.37. The Balaban J connectivity index is 2.09. The molecule has 4 rings (SSSR count). The van der Waals surface area contributed by atoms with Gasteiger partial charge in [0.2, 0.25) is 5.78 Å². The van der Waals surface area contributed by atoms with Crippen LogP contribution in [0.1, 0.15) is 25.3 Å². The molecular weight excluding hydrogens is 342 g/mol. The van der Waals surface area contributed by atoms with Gasteiger partial charge in [-0.2, -0.15) is 4.98 Å². The summed E-state index contributed by atoms with van der Waals surface area (Å²) in [6, 6.07) is 8.33. The van der Waals surface area contributed by atoms with E-state index in [1.807, 2.05) is 10.6 Å². The molecule has 4 aromatic rings. The van der Waals surface area contributed by atoms with Gasteiger partial charge >= 0.3 is 5.69 Å². The number of unbranched alkanes of at least 4 members (excludes halogenated alkanes) is 1. The van der Waals surface area contributed by atoms with E-state index in [1.54, 1.807) is 7.05 Å². The summed E-state index contributed by atoms with van der Waals surface area (Å²) < 4.78 is 6.52. The molecule has 0 saturated heterocycles. The average Bonchev–Trinajstić information content (AvgIpc) is 3.20. The van der Waals surface area contributed by atoms with Crippen molar-refractivity contribution in [3.8, 4) is 11.3 Å². The van der Waals surface area contributed by atoms with Gasteiger partial charge in [0.15, 0.2) is 11.2 Å². The van der Waals surface area contributed by atoms with Gasteiger partial charge in [0, 0.05) is 26.8 Å². The summed E-state index contributed by atoms with van der Waals surface area (Å²) in [6.07, 6.45) is 4.01. The maximum Gasteiger partial charge on any atom is 0.332 e. The second kappa shape index (κ2) is 6.26. The average molecular weight is 365 g/mol. The predicted molar refractivity (Wildman–Crippen MR) is 106 cm³/mol. The molecule has 0 fully saturated rings. The lowest BCUT2D eigenvalue weighted by molar-refractivity contribution is 0.648. The molecule has 0 radical (unpaired) electrons. The number of imidazole rings is 2. The molecule has 0 amide bonds. The van der Waals surface area contributed by atoms with Gasteiger partial charge in [0.25, 0.3) is 5.56 Å². The topological polar surface area (TPSA) is 66.2 Å². The Kier molecular flexibility index (Phi) is 4.02. The third-order valence-electron chi connectivity index (χ3n) is 5.14. The number of aryl methyl sites for hydroxylation is 3. The second-order valence-electron chi connectivity index (χ2n) is 7.05. The molecule has 0 spiro atoms. The minimum absolute atomic E-state index is 0.330. The van der Waals surface area contributed by atoms with E-state index in [0.717, 1.165) is 35.2 Å². The molecule has 0 aliphatic carbocycles. The van der Waals surface area contributed by atoms with E-state index in [4.69, 9.17) is 0 Å². The summed E-state index contributed by atoms with van der Waals surface area (Å²) >= 11 is 0. The lowest BCUT2D eigenvalue weighted by Gasteiger charge is -2.08. The number of benzene rings is 1. The number of hydrogen-bond acceptors (Lipinski definition) is 3. The van der Waals surface area contributed by atoms with E-state index in [-0.39, 0.29) is 11.2 Å². The molecular formula is C20H23N5O2. The highest BCUT2D eigenvalue weighted by atomic mass is 16.2. The van der Waals surface area contributed by atoms with Crippen molar-refractivity contribution >= 4 is 16.9 Å². The molecule has 0 aliphatic heterocycles. The van der Waals surface area contributed by atoms with Crippen molar-refractivity contribution in [3.05, 3.63) is 56.9 Å². The first-order valence-electron chi connectivity index (χ1n) is 9.18. The zero-order valence-electron chi connectivity index (χ0n) is 16.1. The van der Waals surface area contributed by atoms with Gasteiger partial charge in [-0.1, -0.05) is 43.2 Å². The maximum atomic E-state index is 12.8. The number of nitrogens with zero attached hydrogens (tertiary/aromatic N) is 5. The third kappa shape index (κ3) is 2.53. The van der Waals surface area contributed by atoms with E-state index in [1.165, 1.54) is 17.2 Å². The lowest BCUT2D eigenvalue weighted by atomic mass is 10.1. The molecule has 7 heteroatoms. The Hall–Kier alpha value is -3.09. The standard InChI is InChI=1S/C20H23N5O2/c1-5-6-11-24-15(14-9-7-13(2)8-10-14)12-25-16-17(21-19(24)25)22(3)20(27)23(4)18(16)26/h7-10,12H,5-6,11H2,1-4H3. The third-order valence-corrected chi connectivity index (χ3v) is 5.14. The predicted octanol–water partition coefficient (Wildman–Crippen LogP) is 2.46. The Bertz CT molecular complexity index is 1270. The first kappa shape index (κ1) is 17.3. The van der Waals surface area contributed by atoms with Gasteiger partial charge in [-0.3, -0.25) is 18.3 Å². The zero-order valence-corrected chi connectivity index (χ0v) is 16.1. The fourth-order valence-corrected chi connectivity index (χ4v) is 3.51. The number of aromatic nitrogens is 5. The van der Waals surface area contributed by atoms with Gasteiger partial charge in [-0.25, -0.2) is 4.79 Å². The summed E-state index contributed by atoms with van der Waals surface area (Å²) in [7, 11) is 3.15. The van der Waals surface area contributed by atoms with Gasteiger partial charge in [0.05, 0.1) is 5.69 Å². The van der Waals surface area contributed by atoms with Crippen LogP contribution in [0, 0.1) is 6.92 Å². The van der Waals surface area contributed by atoms with Crippen molar-refractivity contribution in [3.63, 3.8) is 0 Å². The fraction of sp³-hybridized carbons (Fsp3) is 0.350. The van der Waals surface area contributed by atoms with Crippen LogP contribution in [0.2, 0.25) is 0 Å². The van der Waals surface area contributed by atoms with Crippen molar-refractivity contribution < 1.29 is 0 Å². The van der Waals surface area contributed by atoms with Crippen LogP contribution in [-0.4, -0.2) is 23.1 Å². The van der Waals surface area contributed by atoms with E-state index in [2.05, 4.69) is 47.7 Å². The van der Waals surface area contributed by atoms with Crippen molar-refractivity contribution in [2.75, 3.05) is 0 Å². The highest BCUT2D eigenvalue weighted by Crippen LogP contribution is 2.26. The van der Waals surface area contributed by atoms with E-state index >= 15 is 0 Å². The Morgan fingerprint density at radius 3 is 2.41 bits per heavy atom. The van der Waals surface area contributed by atoms with Gasteiger partial charge in [-0.05, 0) is 18.9 Å². The molecule has 27 heavy (non-hydrogen) atoms. The normalized spacial score (nSPS) is 11.7. The highest BCUT2D eigenvalue weighted by Gasteiger charge is 2.20. The van der Waals surface area contributed by atoms with Gasteiger partial charge in [0.1, 0.15) is 0 Å². The summed E-state index contributed by atoms with van der Waals surface area (Å²) in [5, 5.41) is 0. The first-order valence-corrected chi connectivity index (χ1v) is 9.18. The van der Waals surface area contributed by atoms with Gasteiger partial charge < -0.3 is 4.57 Å². The molecule has 3 heterocycles. The summed E-state index contributed by atoms with van der Waals surface area (Å²) in [6.45, 7) is 5.01. The molecule has 140 valence electrons. The summed E-state index contributed by atoms with van der Waals surface area (Å²) in [4.78, 5) is 29.7. The van der Waals surface area contributed by atoms with Gasteiger partial charge in [-0.15, -0.1) is 0 Å². The largest absolute Gasteiger partial charge is 0.332 e. The summed E-state index contributed by atoms with van der Waals surface area (Å²) in [5.74, 6) is 0.687. The van der Waals surface area contributed by atoms with Crippen molar-refractivity contribution in [2.24, 2.45) is 14.1 Å². The van der Waals surface area contributed by atoms with Crippen LogP contribution >= 0.6 is 0 Å². The number of hydrogen-bond donors (Lipinski definition) is 0. The van der Waals surface area contributed by atoms with Crippen LogP contribution in [0.4, 0.5) is 0 Å². The minimum atomic E-state index is -0.368. The molecule has 0 unspecified atom stereocenters.